The topological polar surface area (TPSA) is 64.8 Å². The first-order valence-electron chi connectivity index (χ1n) is 10.2. The molecule has 0 spiro atoms. The molecule has 152 valence electrons. The fraction of sp³-hybridized carbons (Fsp3) is 0.500. The number of para-hydroxylation sites is 1. The second-order valence-electron chi connectivity index (χ2n) is 7.85. The lowest BCUT2D eigenvalue weighted by atomic mass is 9.91. The van der Waals surface area contributed by atoms with Crippen molar-refractivity contribution in [3.8, 4) is 0 Å². The maximum absolute atomic E-state index is 12.8. The van der Waals surface area contributed by atoms with Crippen LogP contribution in [0.4, 0.5) is 5.69 Å². The zero-order valence-electron chi connectivity index (χ0n) is 17.1. The van der Waals surface area contributed by atoms with Crippen molar-refractivity contribution in [2.24, 2.45) is 11.7 Å². The normalized spacial score (nSPS) is 23.0. The first-order valence-corrected chi connectivity index (χ1v) is 10.2. The highest BCUT2D eigenvalue weighted by Crippen LogP contribution is 2.24. The van der Waals surface area contributed by atoms with Gasteiger partial charge in [0.2, 0.25) is 5.91 Å². The van der Waals surface area contributed by atoms with Gasteiger partial charge in [0.15, 0.2) is 0 Å². The first-order chi connectivity index (χ1) is 13.5. The second kappa shape index (κ2) is 9.75. The molecule has 6 nitrogen and oxygen atoms in total. The number of allylic oxidation sites excluding steroid dienone is 1. The Morgan fingerprint density at radius 3 is 2.57 bits per heavy atom. The molecule has 1 aromatic carbocycles. The van der Waals surface area contributed by atoms with Gasteiger partial charge >= 0.3 is 0 Å². The summed E-state index contributed by atoms with van der Waals surface area (Å²) >= 11 is 0. The number of amides is 1. The Kier molecular flexibility index (Phi) is 7.12. The molecule has 6 heteroatoms. The van der Waals surface area contributed by atoms with Gasteiger partial charge in [0.25, 0.3) is 0 Å². The monoisotopic (exact) mass is 383 g/mol. The number of hydrogen-bond acceptors (Lipinski definition) is 5. The molecular weight excluding hydrogens is 350 g/mol. The van der Waals surface area contributed by atoms with Gasteiger partial charge in [-0.1, -0.05) is 24.3 Å². The zero-order valence-corrected chi connectivity index (χ0v) is 17.1. The summed E-state index contributed by atoms with van der Waals surface area (Å²) in [5.74, 6) is -0.158. The number of nitrogens with two attached hydrogens (primary N) is 1. The maximum Gasteiger partial charge on any atom is 0.228 e. The Hall–Kier alpha value is -2.31. The van der Waals surface area contributed by atoms with Crippen molar-refractivity contribution in [1.82, 2.24) is 15.1 Å². The Balaban J connectivity index is 1.57. The van der Waals surface area contributed by atoms with Gasteiger partial charge in [-0.3, -0.25) is 9.69 Å². The van der Waals surface area contributed by atoms with E-state index in [1.54, 1.807) is 0 Å². The highest BCUT2D eigenvalue weighted by atomic mass is 16.1. The van der Waals surface area contributed by atoms with Crippen LogP contribution in [0, 0.1) is 5.92 Å². The summed E-state index contributed by atoms with van der Waals surface area (Å²) in [4.78, 5) is 19.8. The van der Waals surface area contributed by atoms with Crippen molar-refractivity contribution >= 4 is 11.6 Å². The smallest absolute Gasteiger partial charge is 0.228 e. The highest BCUT2D eigenvalue weighted by molar-refractivity contribution is 5.82. The van der Waals surface area contributed by atoms with Crippen LogP contribution in [0.3, 0.4) is 0 Å². The van der Waals surface area contributed by atoms with Crippen LogP contribution < -0.4 is 16.0 Å². The molecule has 2 atom stereocenters. The average Bonchev–Trinajstić information content (AvgIpc) is 2.71. The minimum Gasteiger partial charge on any atom is -0.399 e. The van der Waals surface area contributed by atoms with Crippen LogP contribution in [-0.4, -0.2) is 75.1 Å². The third-order valence-corrected chi connectivity index (χ3v) is 5.47. The SMILES string of the molecule is CN(C)CCCNC(=O)C1C=C(N)C=CC1N1CCN(c2ccccc2)CC1. The van der Waals surface area contributed by atoms with Crippen LogP contribution in [0.25, 0.3) is 0 Å². The predicted octanol–water partition coefficient (Wildman–Crippen LogP) is 1.27. The molecule has 1 heterocycles. The summed E-state index contributed by atoms with van der Waals surface area (Å²) in [6, 6.07) is 10.6. The molecular formula is C22H33N5O. The van der Waals surface area contributed by atoms with Gasteiger partial charge in [-0.25, -0.2) is 0 Å². The lowest BCUT2D eigenvalue weighted by Gasteiger charge is -2.41. The summed E-state index contributed by atoms with van der Waals surface area (Å²) in [5, 5.41) is 3.10. The molecule has 0 radical (unpaired) electrons. The van der Waals surface area contributed by atoms with Gasteiger partial charge in [0.1, 0.15) is 0 Å². The number of nitrogens with zero attached hydrogens (tertiary/aromatic N) is 3. The molecule has 2 unspecified atom stereocenters. The van der Waals surface area contributed by atoms with E-state index < -0.39 is 0 Å². The zero-order chi connectivity index (χ0) is 19.9. The van der Waals surface area contributed by atoms with Gasteiger partial charge in [0, 0.05) is 50.2 Å². The van der Waals surface area contributed by atoms with Crippen LogP contribution in [0.1, 0.15) is 6.42 Å². The largest absolute Gasteiger partial charge is 0.399 e. The number of anilines is 1. The number of nitrogens with one attached hydrogen (secondary N) is 1. The molecule has 1 aromatic rings. The Bertz CT molecular complexity index is 692. The summed E-state index contributed by atoms with van der Waals surface area (Å²) in [6.45, 7) is 5.45. The maximum atomic E-state index is 12.8. The van der Waals surface area contributed by atoms with Crippen LogP contribution in [0.2, 0.25) is 0 Å². The molecule has 0 aromatic heterocycles. The molecule has 1 saturated heterocycles. The van der Waals surface area contributed by atoms with Crippen molar-refractivity contribution < 1.29 is 4.79 Å². The van der Waals surface area contributed by atoms with Gasteiger partial charge in [0.05, 0.1) is 5.92 Å². The standard InChI is InChI=1S/C22H33N5O/c1-25(2)12-6-11-24-22(28)20-17-18(23)9-10-21(20)27-15-13-26(14-16-27)19-7-4-3-5-8-19/h3-5,7-10,17,20-21H,6,11-16,23H2,1-2H3,(H,24,28). The molecule has 1 aliphatic carbocycles. The van der Waals surface area contributed by atoms with Crippen molar-refractivity contribution in [3.05, 3.63) is 54.3 Å². The Labute approximate surface area is 168 Å². The van der Waals surface area contributed by atoms with E-state index in [9.17, 15) is 4.79 Å². The van der Waals surface area contributed by atoms with E-state index in [2.05, 4.69) is 50.4 Å². The lowest BCUT2D eigenvalue weighted by molar-refractivity contribution is -0.125. The fourth-order valence-electron chi connectivity index (χ4n) is 3.91. The number of carbonyl (C=O) groups excluding carboxylic acids is 1. The summed E-state index contributed by atoms with van der Waals surface area (Å²) < 4.78 is 0. The number of piperazine rings is 1. The van der Waals surface area contributed by atoms with Gasteiger partial charge in [-0.05, 0) is 51.3 Å². The van der Waals surface area contributed by atoms with Crippen LogP contribution >= 0.6 is 0 Å². The van der Waals surface area contributed by atoms with Crippen molar-refractivity contribution in [2.45, 2.75) is 12.5 Å². The third-order valence-electron chi connectivity index (χ3n) is 5.47. The van der Waals surface area contributed by atoms with E-state index in [0.717, 1.165) is 39.1 Å². The Morgan fingerprint density at radius 1 is 1.18 bits per heavy atom. The molecule has 1 aliphatic heterocycles. The molecule has 1 fully saturated rings. The fourth-order valence-corrected chi connectivity index (χ4v) is 3.91. The van der Waals surface area contributed by atoms with Gasteiger partial charge in [-0.15, -0.1) is 0 Å². The van der Waals surface area contributed by atoms with E-state index in [-0.39, 0.29) is 17.9 Å². The Morgan fingerprint density at radius 2 is 1.89 bits per heavy atom. The summed E-state index contributed by atoms with van der Waals surface area (Å²) in [5.41, 5.74) is 7.95. The average molecular weight is 384 g/mol. The molecule has 1 amide bonds. The number of hydrogen-bond donors (Lipinski definition) is 2. The van der Waals surface area contributed by atoms with E-state index >= 15 is 0 Å². The molecule has 28 heavy (non-hydrogen) atoms. The quantitative estimate of drug-likeness (QED) is 0.695. The molecule has 3 N–H and O–H groups in total. The lowest BCUT2D eigenvalue weighted by Crippen LogP contribution is -2.54. The van der Waals surface area contributed by atoms with Crippen LogP contribution in [0.5, 0.6) is 0 Å². The van der Waals surface area contributed by atoms with Crippen LogP contribution in [0.15, 0.2) is 54.3 Å². The molecule has 0 saturated carbocycles. The van der Waals surface area contributed by atoms with Gasteiger partial charge in [-0.2, -0.15) is 0 Å². The van der Waals surface area contributed by atoms with E-state index in [4.69, 9.17) is 5.73 Å². The molecule has 0 bridgehead atoms. The number of benzene rings is 1. The number of rotatable bonds is 7. The van der Waals surface area contributed by atoms with Gasteiger partial charge < -0.3 is 20.9 Å². The van der Waals surface area contributed by atoms with Crippen LogP contribution in [-0.2, 0) is 4.79 Å². The van der Waals surface area contributed by atoms with Crippen molar-refractivity contribution in [1.29, 1.82) is 0 Å². The predicted molar refractivity (Wildman–Crippen MR) is 115 cm³/mol. The minimum absolute atomic E-state index is 0.0686. The second-order valence-corrected chi connectivity index (χ2v) is 7.85. The molecule has 3 rings (SSSR count). The molecule has 2 aliphatic rings. The summed E-state index contributed by atoms with van der Waals surface area (Å²) in [7, 11) is 4.09. The highest BCUT2D eigenvalue weighted by Gasteiger charge is 2.33. The third kappa shape index (κ3) is 5.36. The summed E-state index contributed by atoms with van der Waals surface area (Å²) in [6.07, 6.45) is 6.89. The van der Waals surface area contributed by atoms with Crippen molar-refractivity contribution in [3.63, 3.8) is 0 Å². The minimum atomic E-state index is -0.229. The van der Waals surface area contributed by atoms with E-state index in [1.807, 2.05) is 32.3 Å². The van der Waals surface area contributed by atoms with E-state index in [1.165, 1.54) is 5.69 Å². The van der Waals surface area contributed by atoms with Crippen molar-refractivity contribution in [2.75, 3.05) is 58.3 Å². The first kappa shape index (κ1) is 20.4. The van der Waals surface area contributed by atoms with E-state index in [0.29, 0.717) is 12.2 Å². The number of carbonyl (C=O) groups is 1.